The molecule has 1 heterocycles. The van der Waals surface area contributed by atoms with Crippen molar-refractivity contribution in [3.05, 3.63) is 28.3 Å². The van der Waals surface area contributed by atoms with Crippen molar-refractivity contribution in [2.45, 2.75) is 23.8 Å². The van der Waals surface area contributed by atoms with Crippen LogP contribution in [0.25, 0.3) is 0 Å². The third-order valence-electron chi connectivity index (χ3n) is 4.85. The number of non-ortho nitro benzene ring substituents is 1. The number of methoxy groups -OCH3 is 1. The SMILES string of the molecule is COc1ccc([N+](=O)[O-])cc1S(=O)(=O)N1CC2CCC(N)C2C1. The molecule has 1 saturated carbocycles. The number of benzene rings is 1. The van der Waals surface area contributed by atoms with E-state index in [1.54, 1.807) is 0 Å². The zero-order valence-corrected chi connectivity index (χ0v) is 13.5. The quantitative estimate of drug-likeness (QED) is 0.644. The first kappa shape index (κ1) is 16.2. The Morgan fingerprint density at radius 2 is 2.09 bits per heavy atom. The standard InChI is InChI=1S/C14H19N3O5S/c1-22-13-5-3-10(17(18)19)6-14(13)23(20,21)16-7-9-2-4-12(15)11(9)8-16/h3,5-6,9,11-12H,2,4,7-8,15H2,1H3. The van der Waals surface area contributed by atoms with Crippen molar-refractivity contribution in [1.29, 1.82) is 0 Å². The number of sulfonamides is 1. The maximum absolute atomic E-state index is 12.9. The van der Waals surface area contributed by atoms with Crippen LogP contribution in [0.15, 0.2) is 23.1 Å². The molecule has 3 rings (SSSR count). The Morgan fingerprint density at radius 3 is 2.70 bits per heavy atom. The molecular formula is C14H19N3O5S. The van der Waals surface area contributed by atoms with Crippen LogP contribution in [0.5, 0.6) is 5.75 Å². The molecular weight excluding hydrogens is 322 g/mol. The van der Waals surface area contributed by atoms with Crippen molar-refractivity contribution < 1.29 is 18.1 Å². The molecule has 1 aliphatic heterocycles. The number of nitrogens with two attached hydrogens (primary N) is 1. The fraction of sp³-hybridized carbons (Fsp3) is 0.571. The lowest BCUT2D eigenvalue weighted by atomic mass is 9.98. The van der Waals surface area contributed by atoms with Gasteiger partial charge in [0.25, 0.3) is 5.69 Å². The Morgan fingerprint density at radius 1 is 1.35 bits per heavy atom. The van der Waals surface area contributed by atoms with Crippen molar-refractivity contribution in [2.24, 2.45) is 17.6 Å². The Hall–Kier alpha value is -1.71. The number of nitrogens with zero attached hydrogens (tertiary/aromatic N) is 2. The molecule has 2 fully saturated rings. The third-order valence-corrected chi connectivity index (χ3v) is 6.71. The van der Waals surface area contributed by atoms with Gasteiger partial charge in [-0.05, 0) is 30.7 Å². The molecule has 2 aliphatic rings. The summed E-state index contributed by atoms with van der Waals surface area (Å²) in [5.41, 5.74) is 5.77. The zero-order chi connectivity index (χ0) is 16.8. The fourth-order valence-corrected chi connectivity index (χ4v) is 5.29. The van der Waals surface area contributed by atoms with Crippen LogP contribution in [-0.4, -0.2) is 43.9 Å². The molecule has 0 aromatic heterocycles. The van der Waals surface area contributed by atoms with Gasteiger partial charge in [0, 0.05) is 31.3 Å². The van der Waals surface area contributed by atoms with E-state index in [2.05, 4.69) is 0 Å². The van der Waals surface area contributed by atoms with Crippen molar-refractivity contribution >= 4 is 15.7 Å². The van der Waals surface area contributed by atoms with Crippen molar-refractivity contribution in [2.75, 3.05) is 20.2 Å². The first-order chi connectivity index (χ1) is 10.8. The Kier molecular flexibility index (Phi) is 4.03. The average Bonchev–Trinajstić information content (AvgIpc) is 3.09. The fourth-order valence-electron chi connectivity index (χ4n) is 3.58. The van der Waals surface area contributed by atoms with Gasteiger partial charge in [-0.15, -0.1) is 0 Å². The van der Waals surface area contributed by atoms with Gasteiger partial charge in [-0.25, -0.2) is 8.42 Å². The molecule has 1 aromatic rings. The Bertz CT molecular complexity index is 736. The number of rotatable bonds is 4. The highest BCUT2D eigenvalue weighted by molar-refractivity contribution is 7.89. The lowest BCUT2D eigenvalue weighted by Crippen LogP contribution is -2.33. The van der Waals surface area contributed by atoms with Crippen molar-refractivity contribution in [3.63, 3.8) is 0 Å². The van der Waals surface area contributed by atoms with E-state index in [0.29, 0.717) is 13.1 Å². The number of fused-ring (bicyclic) bond motifs is 1. The molecule has 8 nitrogen and oxygen atoms in total. The lowest BCUT2D eigenvalue weighted by molar-refractivity contribution is -0.385. The Balaban J connectivity index is 1.97. The number of nitro groups is 1. The van der Waals surface area contributed by atoms with Gasteiger partial charge in [-0.2, -0.15) is 4.31 Å². The van der Waals surface area contributed by atoms with Gasteiger partial charge < -0.3 is 10.5 Å². The van der Waals surface area contributed by atoms with Crippen molar-refractivity contribution in [1.82, 2.24) is 4.31 Å². The highest BCUT2D eigenvalue weighted by Crippen LogP contribution is 2.40. The zero-order valence-electron chi connectivity index (χ0n) is 12.7. The lowest BCUT2D eigenvalue weighted by Gasteiger charge is -2.19. The summed E-state index contributed by atoms with van der Waals surface area (Å²) >= 11 is 0. The summed E-state index contributed by atoms with van der Waals surface area (Å²) in [7, 11) is -2.51. The van der Waals surface area contributed by atoms with E-state index in [1.807, 2.05) is 0 Å². The highest BCUT2D eigenvalue weighted by atomic mass is 32.2. The molecule has 3 unspecified atom stereocenters. The minimum atomic E-state index is -3.85. The minimum Gasteiger partial charge on any atom is -0.495 e. The summed E-state index contributed by atoms with van der Waals surface area (Å²) in [6.07, 6.45) is 1.84. The van der Waals surface area contributed by atoms with Crippen LogP contribution in [0.3, 0.4) is 0 Å². The van der Waals surface area contributed by atoms with Crippen LogP contribution in [0.2, 0.25) is 0 Å². The molecule has 0 spiro atoms. The molecule has 0 radical (unpaired) electrons. The number of ether oxygens (including phenoxy) is 1. The van der Waals surface area contributed by atoms with Crippen LogP contribution in [0.1, 0.15) is 12.8 Å². The van der Waals surface area contributed by atoms with Crippen LogP contribution in [-0.2, 0) is 10.0 Å². The third kappa shape index (κ3) is 2.68. The minimum absolute atomic E-state index is 0.0206. The van der Waals surface area contributed by atoms with E-state index in [1.165, 1.54) is 23.5 Å². The maximum atomic E-state index is 12.9. The average molecular weight is 341 g/mol. The van der Waals surface area contributed by atoms with E-state index >= 15 is 0 Å². The second kappa shape index (κ2) is 5.73. The normalized spacial score (nSPS) is 27.8. The molecule has 0 bridgehead atoms. The predicted octanol–water partition coefficient (Wildman–Crippen LogP) is 0.961. The molecule has 1 saturated heterocycles. The number of hydrogen-bond donors (Lipinski definition) is 1. The van der Waals surface area contributed by atoms with Gasteiger partial charge in [-0.1, -0.05) is 0 Å². The summed E-state index contributed by atoms with van der Waals surface area (Å²) in [6, 6.07) is 3.62. The molecule has 1 aliphatic carbocycles. The van der Waals surface area contributed by atoms with Gasteiger partial charge in [0.2, 0.25) is 10.0 Å². The monoisotopic (exact) mass is 341 g/mol. The van der Waals surface area contributed by atoms with Gasteiger partial charge >= 0.3 is 0 Å². The van der Waals surface area contributed by atoms with Crippen LogP contribution in [0, 0.1) is 22.0 Å². The first-order valence-electron chi connectivity index (χ1n) is 7.42. The van der Waals surface area contributed by atoms with Gasteiger partial charge in [-0.3, -0.25) is 10.1 Å². The smallest absolute Gasteiger partial charge is 0.271 e. The highest BCUT2D eigenvalue weighted by Gasteiger charge is 2.45. The predicted molar refractivity (Wildman–Crippen MR) is 82.6 cm³/mol. The molecule has 3 atom stereocenters. The topological polar surface area (TPSA) is 116 Å². The molecule has 2 N–H and O–H groups in total. The van der Waals surface area contributed by atoms with Gasteiger partial charge in [0.15, 0.2) is 0 Å². The largest absolute Gasteiger partial charge is 0.495 e. The first-order valence-corrected chi connectivity index (χ1v) is 8.86. The number of hydrogen-bond acceptors (Lipinski definition) is 6. The van der Waals surface area contributed by atoms with Crippen molar-refractivity contribution in [3.8, 4) is 5.75 Å². The van der Waals surface area contributed by atoms with E-state index < -0.39 is 14.9 Å². The van der Waals surface area contributed by atoms with Crippen LogP contribution >= 0.6 is 0 Å². The van der Waals surface area contributed by atoms with E-state index in [-0.39, 0.29) is 34.2 Å². The molecule has 1 aromatic carbocycles. The van der Waals surface area contributed by atoms with Gasteiger partial charge in [0.05, 0.1) is 12.0 Å². The summed E-state index contributed by atoms with van der Waals surface area (Å²) < 4.78 is 32.3. The maximum Gasteiger partial charge on any atom is 0.271 e. The van der Waals surface area contributed by atoms with E-state index in [4.69, 9.17) is 10.5 Å². The second-order valence-corrected chi connectivity index (χ2v) is 7.99. The van der Waals surface area contributed by atoms with Crippen LogP contribution < -0.4 is 10.5 Å². The summed E-state index contributed by atoms with van der Waals surface area (Å²) in [6.45, 7) is 0.770. The molecule has 9 heteroatoms. The van der Waals surface area contributed by atoms with Crippen LogP contribution in [0.4, 0.5) is 5.69 Å². The summed E-state index contributed by atoms with van der Waals surface area (Å²) in [4.78, 5) is 10.2. The van der Waals surface area contributed by atoms with E-state index in [9.17, 15) is 18.5 Å². The molecule has 23 heavy (non-hydrogen) atoms. The second-order valence-electron chi connectivity index (χ2n) is 6.08. The van der Waals surface area contributed by atoms with E-state index in [0.717, 1.165) is 18.9 Å². The Labute approximate surface area is 134 Å². The summed E-state index contributed by atoms with van der Waals surface area (Å²) in [5, 5.41) is 10.9. The summed E-state index contributed by atoms with van der Waals surface area (Å²) in [5.74, 6) is 0.538. The number of nitro benzene ring substituents is 1. The molecule has 126 valence electrons. The van der Waals surface area contributed by atoms with Gasteiger partial charge in [0.1, 0.15) is 10.6 Å². The molecule has 0 amide bonds.